The van der Waals surface area contributed by atoms with Crippen LogP contribution in [0.5, 0.6) is 0 Å². The van der Waals surface area contributed by atoms with Crippen LogP contribution in [0.4, 0.5) is 0 Å². The van der Waals surface area contributed by atoms with Crippen LogP contribution >= 0.6 is 0 Å². The smallest absolute Gasteiger partial charge is 0.0771 e. The molecule has 3 rings (SSSR count). The number of aliphatic hydroxyl groups is 1. The molecule has 1 aromatic rings. The summed E-state index contributed by atoms with van der Waals surface area (Å²) in [6.45, 7) is 3.58. The Labute approximate surface area is 129 Å². The number of hydrogen-bond donors (Lipinski definition) is 2. The molecule has 1 unspecified atom stereocenters. The minimum Gasteiger partial charge on any atom is -0.389 e. The Balaban J connectivity index is 1.53. The van der Waals surface area contributed by atoms with Gasteiger partial charge in [0.2, 0.25) is 0 Å². The molecule has 1 atom stereocenters. The van der Waals surface area contributed by atoms with Crippen LogP contribution in [0.1, 0.15) is 62.1 Å². The maximum Gasteiger partial charge on any atom is 0.0771 e. The molecule has 2 nitrogen and oxygen atoms in total. The van der Waals surface area contributed by atoms with Gasteiger partial charge in [-0.3, -0.25) is 0 Å². The van der Waals surface area contributed by atoms with Crippen LogP contribution in [0.25, 0.3) is 0 Å². The summed E-state index contributed by atoms with van der Waals surface area (Å²) in [5.41, 5.74) is 3.90. The van der Waals surface area contributed by atoms with Crippen molar-refractivity contribution in [3.63, 3.8) is 0 Å². The van der Waals surface area contributed by atoms with E-state index in [1.54, 1.807) is 11.1 Å². The summed E-state index contributed by atoms with van der Waals surface area (Å²) < 4.78 is 0. The Morgan fingerprint density at radius 3 is 2.57 bits per heavy atom. The van der Waals surface area contributed by atoms with E-state index in [0.29, 0.717) is 12.5 Å². The normalized spacial score (nSPS) is 22.0. The minimum absolute atomic E-state index is 0.480. The summed E-state index contributed by atoms with van der Waals surface area (Å²) in [5.74, 6) is 0.480. The number of fused-ring (bicyclic) bond motifs is 1. The van der Waals surface area contributed by atoms with Crippen LogP contribution in [0.3, 0.4) is 0 Å². The number of aryl methyl sites for hydroxylation is 2. The number of rotatable bonds is 5. The molecule has 0 spiro atoms. The fourth-order valence-corrected chi connectivity index (χ4v) is 4.05. The second-order valence-corrected chi connectivity index (χ2v) is 7.25. The Kier molecular flexibility index (Phi) is 4.66. The fourth-order valence-electron chi connectivity index (χ4n) is 4.05. The first-order valence-electron chi connectivity index (χ1n) is 8.69. The molecule has 0 radical (unpaired) electrons. The molecular weight excluding hydrogens is 258 g/mol. The first kappa shape index (κ1) is 15.1. The predicted molar refractivity (Wildman–Crippen MR) is 87.4 cm³/mol. The zero-order chi connectivity index (χ0) is 14.7. The van der Waals surface area contributed by atoms with E-state index in [1.807, 2.05) is 6.92 Å². The Morgan fingerprint density at radius 2 is 1.81 bits per heavy atom. The SMILES string of the molecule is CC(O)(CNCc1ccc2c(c1)CCCC2)C1CCCC1. The lowest BCUT2D eigenvalue weighted by Crippen LogP contribution is -2.43. The Hall–Kier alpha value is -0.860. The topological polar surface area (TPSA) is 32.3 Å². The molecule has 2 aliphatic rings. The lowest BCUT2D eigenvalue weighted by atomic mass is 9.87. The summed E-state index contributed by atoms with van der Waals surface area (Å²) in [6.07, 6.45) is 10.1. The van der Waals surface area contributed by atoms with Crippen molar-refractivity contribution in [2.45, 2.75) is 70.4 Å². The highest BCUT2D eigenvalue weighted by molar-refractivity contribution is 5.33. The second-order valence-electron chi connectivity index (χ2n) is 7.25. The van der Waals surface area contributed by atoms with Gasteiger partial charge in [-0.1, -0.05) is 31.0 Å². The first-order valence-corrected chi connectivity index (χ1v) is 8.69. The van der Waals surface area contributed by atoms with Crippen molar-refractivity contribution >= 4 is 0 Å². The van der Waals surface area contributed by atoms with Gasteiger partial charge < -0.3 is 10.4 Å². The summed E-state index contributed by atoms with van der Waals surface area (Å²) in [4.78, 5) is 0. The quantitative estimate of drug-likeness (QED) is 0.867. The van der Waals surface area contributed by atoms with E-state index < -0.39 is 5.60 Å². The van der Waals surface area contributed by atoms with Gasteiger partial charge >= 0.3 is 0 Å². The molecule has 1 saturated carbocycles. The van der Waals surface area contributed by atoms with Gasteiger partial charge in [0.05, 0.1) is 5.60 Å². The standard InChI is InChI=1S/C19H29NO/c1-19(21,18-8-4-5-9-18)14-20-13-15-10-11-16-6-2-3-7-17(16)12-15/h10-12,18,20-21H,2-9,13-14H2,1H3. The van der Waals surface area contributed by atoms with Crippen molar-refractivity contribution < 1.29 is 5.11 Å². The van der Waals surface area contributed by atoms with Crippen LogP contribution in [0, 0.1) is 5.92 Å². The number of nitrogens with one attached hydrogen (secondary N) is 1. The monoisotopic (exact) mass is 287 g/mol. The molecule has 2 aliphatic carbocycles. The molecule has 116 valence electrons. The van der Waals surface area contributed by atoms with Crippen molar-refractivity contribution in [3.8, 4) is 0 Å². The van der Waals surface area contributed by atoms with Crippen molar-refractivity contribution in [2.75, 3.05) is 6.54 Å². The van der Waals surface area contributed by atoms with E-state index in [1.165, 1.54) is 56.9 Å². The molecule has 2 N–H and O–H groups in total. The van der Waals surface area contributed by atoms with Gasteiger partial charge in [0.15, 0.2) is 0 Å². The molecular formula is C19H29NO. The minimum atomic E-state index is -0.551. The van der Waals surface area contributed by atoms with E-state index in [0.717, 1.165) is 6.54 Å². The van der Waals surface area contributed by atoms with Gasteiger partial charge in [0.1, 0.15) is 0 Å². The van der Waals surface area contributed by atoms with E-state index in [9.17, 15) is 5.11 Å². The van der Waals surface area contributed by atoms with Crippen molar-refractivity contribution in [1.29, 1.82) is 0 Å². The Bertz CT molecular complexity index is 474. The molecule has 0 bridgehead atoms. The van der Waals surface area contributed by atoms with E-state index in [-0.39, 0.29) is 0 Å². The number of hydrogen-bond acceptors (Lipinski definition) is 2. The third-order valence-electron chi connectivity index (χ3n) is 5.46. The van der Waals surface area contributed by atoms with Crippen molar-refractivity contribution in [1.82, 2.24) is 5.32 Å². The lowest BCUT2D eigenvalue weighted by Gasteiger charge is -2.30. The summed E-state index contributed by atoms with van der Waals surface area (Å²) in [5, 5.41) is 14.1. The largest absolute Gasteiger partial charge is 0.389 e. The van der Waals surface area contributed by atoms with Crippen LogP contribution in [-0.4, -0.2) is 17.3 Å². The second kappa shape index (κ2) is 6.50. The van der Waals surface area contributed by atoms with Gasteiger partial charge in [-0.05, 0) is 68.1 Å². The molecule has 1 aromatic carbocycles. The molecule has 0 heterocycles. The average molecular weight is 287 g/mol. The first-order chi connectivity index (χ1) is 10.1. The third kappa shape index (κ3) is 3.67. The molecule has 0 aliphatic heterocycles. The van der Waals surface area contributed by atoms with Gasteiger partial charge in [0.25, 0.3) is 0 Å². The van der Waals surface area contributed by atoms with Crippen LogP contribution in [0.15, 0.2) is 18.2 Å². The summed E-state index contributed by atoms with van der Waals surface area (Å²) >= 11 is 0. The highest BCUT2D eigenvalue weighted by Crippen LogP contribution is 2.33. The van der Waals surface area contributed by atoms with E-state index in [4.69, 9.17) is 0 Å². The zero-order valence-electron chi connectivity index (χ0n) is 13.3. The molecule has 0 aromatic heterocycles. The van der Waals surface area contributed by atoms with Crippen molar-refractivity contribution in [3.05, 3.63) is 34.9 Å². The van der Waals surface area contributed by atoms with E-state index >= 15 is 0 Å². The van der Waals surface area contributed by atoms with Crippen LogP contribution in [-0.2, 0) is 19.4 Å². The van der Waals surface area contributed by atoms with Gasteiger partial charge in [-0.15, -0.1) is 0 Å². The molecule has 2 heteroatoms. The molecule has 0 saturated heterocycles. The molecule has 21 heavy (non-hydrogen) atoms. The third-order valence-corrected chi connectivity index (χ3v) is 5.46. The maximum atomic E-state index is 10.6. The van der Waals surface area contributed by atoms with Crippen LogP contribution < -0.4 is 5.32 Å². The lowest BCUT2D eigenvalue weighted by molar-refractivity contribution is 0.00216. The fraction of sp³-hybridized carbons (Fsp3) is 0.684. The highest BCUT2D eigenvalue weighted by Gasteiger charge is 2.33. The maximum absolute atomic E-state index is 10.6. The van der Waals surface area contributed by atoms with Crippen LogP contribution in [0.2, 0.25) is 0 Å². The van der Waals surface area contributed by atoms with Crippen molar-refractivity contribution in [2.24, 2.45) is 5.92 Å². The Morgan fingerprint density at radius 1 is 1.10 bits per heavy atom. The van der Waals surface area contributed by atoms with Gasteiger partial charge in [-0.2, -0.15) is 0 Å². The van der Waals surface area contributed by atoms with E-state index in [2.05, 4.69) is 23.5 Å². The zero-order valence-corrected chi connectivity index (χ0v) is 13.3. The van der Waals surface area contributed by atoms with Gasteiger partial charge in [0, 0.05) is 13.1 Å². The molecule has 1 fully saturated rings. The molecule has 0 amide bonds. The summed E-state index contributed by atoms with van der Waals surface area (Å²) in [7, 11) is 0. The van der Waals surface area contributed by atoms with Gasteiger partial charge in [-0.25, -0.2) is 0 Å². The average Bonchev–Trinajstić information content (AvgIpc) is 3.02. The summed E-state index contributed by atoms with van der Waals surface area (Å²) in [6, 6.07) is 6.92. The predicted octanol–water partition coefficient (Wildman–Crippen LogP) is 3.60. The number of benzene rings is 1. The highest BCUT2D eigenvalue weighted by atomic mass is 16.3.